The minimum absolute atomic E-state index is 0.104. The number of rotatable bonds is 10. The van der Waals surface area contributed by atoms with E-state index in [4.69, 9.17) is 9.15 Å². The van der Waals surface area contributed by atoms with Crippen LogP contribution in [0, 0.1) is 0 Å². The zero-order valence-electron chi connectivity index (χ0n) is 20.4. The number of nitrogens with zero attached hydrogens (tertiary/aromatic N) is 5. The van der Waals surface area contributed by atoms with Gasteiger partial charge in [-0.05, 0) is 65.9 Å². The van der Waals surface area contributed by atoms with E-state index in [-0.39, 0.29) is 30.9 Å². The number of nitrogens with one attached hydrogen (secondary N) is 1. The summed E-state index contributed by atoms with van der Waals surface area (Å²) in [5.74, 6) is 0.940. The van der Waals surface area contributed by atoms with Crippen molar-refractivity contribution in [2.24, 2.45) is 0 Å². The molecule has 0 radical (unpaired) electrons. The highest BCUT2D eigenvalue weighted by Crippen LogP contribution is 2.27. The van der Waals surface area contributed by atoms with E-state index in [9.17, 15) is 9.59 Å². The Labute approximate surface area is 218 Å². The molecule has 5 rings (SSSR count). The Balaban J connectivity index is 1.39. The lowest BCUT2D eigenvalue weighted by molar-refractivity contribution is -0.143. The van der Waals surface area contributed by atoms with Gasteiger partial charge in [0.1, 0.15) is 18.1 Å². The van der Waals surface area contributed by atoms with Crippen molar-refractivity contribution in [1.82, 2.24) is 30.4 Å². The Hall–Kier alpha value is -3.99. The lowest BCUT2D eigenvalue weighted by Gasteiger charge is -2.30. The van der Waals surface area contributed by atoms with E-state index < -0.39 is 6.04 Å². The number of hydrogen-bond donors (Lipinski definition) is 1. The van der Waals surface area contributed by atoms with Crippen LogP contribution in [0.3, 0.4) is 0 Å². The molecular weight excluding hydrogens is 492 g/mol. The predicted molar refractivity (Wildman–Crippen MR) is 137 cm³/mol. The normalized spacial score (nSPS) is 14.4. The van der Waals surface area contributed by atoms with Gasteiger partial charge >= 0.3 is 0 Å². The number of ether oxygens (including phenoxy) is 1. The summed E-state index contributed by atoms with van der Waals surface area (Å²) in [6.07, 6.45) is 5.56. The SMILES string of the molecule is COc1ccc(-c2nnn(CC(=O)N(Cc3cccs3)[C@H](C(=O)NC3CCCC3)c3ccco3)n2)cc1. The van der Waals surface area contributed by atoms with Crippen molar-refractivity contribution in [1.29, 1.82) is 0 Å². The van der Waals surface area contributed by atoms with Gasteiger partial charge in [0.05, 0.1) is 19.9 Å². The van der Waals surface area contributed by atoms with E-state index in [0.717, 1.165) is 41.9 Å². The number of furan rings is 1. The van der Waals surface area contributed by atoms with Crippen molar-refractivity contribution in [3.8, 4) is 17.1 Å². The van der Waals surface area contributed by atoms with Gasteiger partial charge in [0.25, 0.3) is 5.91 Å². The number of amides is 2. The second-order valence-electron chi connectivity index (χ2n) is 8.88. The number of thiophene rings is 1. The standard InChI is InChI=1S/C26H28N6O4S/c1-35-20-12-10-18(11-13-20)25-28-30-32(29-25)17-23(33)31(16-21-8-5-15-37-21)24(22-9-4-14-36-22)26(34)27-19-6-2-3-7-19/h4-5,8-15,19,24H,2-3,6-7,16-17H2,1H3,(H,27,34)/t24-/m0/s1. The van der Waals surface area contributed by atoms with Gasteiger partial charge in [0.15, 0.2) is 6.04 Å². The van der Waals surface area contributed by atoms with Crippen molar-refractivity contribution >= 4 is 23.2 Å². The fourth-order valence-corrected chi connectivity index (χ4v) is 5.20. The molecule has 0 aliphatic heterocycles. The smallest absolute Gasteiger partial charge is 0.250 e. The number of carbonyl (C=O) groups excluding carboxylic acids is 2. The van der Waals surface area contributed by atoms with Crippen LogP contribution in [-0.2, 0) is 22.7 Å². The molecule has 37 heavy (non-hydrogen) atoms. The molecular formula is C26H28N6O4S. The van der Waals surface area contributed by atoms with Gasteiger partial charge in [-0.25, -0.2) is 0 Å². The van der Waals surface area contributed by atoms with Crippen LogP contribution < -0.4 is 10.1 Å². The first kappa shape index (κ1) is 24.7. The van der Waals surface area contributed by atoms with Gasteiger partial charge in [-0.3, -0.25) is 9.59 Å². The maximum absolute atomic E-state index is 13.7. The number of hydrogen-bond acceptors (Lipinski definition) is 8. The molecule has 1 aliphatic rings. The third-order valence-corrected chi connectivity index (χ3v) is 7.24. The number of tetrazole rings is 1. The van der Waals surface area contributed by atoms with Crippen molar-refractivity contribution in [3.63, 3.8) is 0 Å². The van der Waals surface area contributed by atoms with Crippen molar-refractivity contribution < 1.29 is 18.7 Å². The molecule has 1 fully saturated rings. The van der Waals surface area contributed by atoms with Crippen LogP contribution in [0.2, 0.25) is 0 Å². The Morgan fingerprint density at radius 1 is 1.19 bits per heavy atom. The van der Waals surface area contributed by atoms with Gasteiger partial charge in [-0.2, -0.15) is 4.80 Å². The van der Waals surface area contributed by atoms with E-state index in [1.54, 1.807) is 31.4 Å². The maximum atomic E-state index is 13.7. The van der Waals surface area contributed by atoms with Crippen LogP contribution >= 0.6 is 11.3 Å². The van der Waals surface area contributed by atoms with Crippen LogP contribution in [0.1, 0.15) is 42.4 Å². The molecule has 1 aliphatic carbocycles. The number of aromatic nitrogens is 4. The van der Waals surface area contributed by atoms with Crippen molar-refractivity contribution in [2.45, 2.75) is 50.9 Å². The molecule has 3 heterocycles. The molecule has 10 nitrogen and oxygen atoms in total. The highest BCUT2D eigenvalue weighted by atomic mass is 32.1. The fraction of sp³-hybridized carbons (Fsp3) is 0.346. The van der Waals surface area contributed by atoms with E-state index in [2.05, 4.69) is 20.7 Å². The Bertz CT molecular complexity index is 1300. The Morgan fingerprint density at radius 2 is 2.00 bits per heavy atom. The molecule has 4 aromatic rings. The molecule has 1 aromatic carbocycles. The third kappa shape index (κ3) is 5.88. The molecule has 0 bridgehead atoms. The first-order valence-corrected chi connectivity index (χ1v) is 13.1. The largest absolute Gasteiger partial charge is 0.497 e. The van der Waals surface area contributed by atoms with Crippen molar-refractivity contribution in [3.05, 3.63) is 70.8 Å². The average Bonchev–Trinajstić information content (AvgIpc) is 3.73. The summed E-state index contributed by atoms with van der Waals surface area (Å²) in [5.41, 5.74) is 0.749. The fourth-order valence-electron chi connectivity index (χ4n) is 4.49. The molecule has 2 amide bonds. The van der Waals surface area contributed by atoms with E-state index in [0.29, 0.717) is 11.6 Å². The van der Waals surface area contributed by atoms with Crippen LogP contribution in [0.25, 0.3) is 11.4 Å². The summed E-state index contributed by atoms with van der Waals surface area (Å²) in [4.78, 5) is 31.0. The predicted octanol–water partition coefficient (Wildman–Crippen LogP) is 3.83. The number of carbonyl (C=O) groups is 2. The van der Waals surface area contributed by atoms with Gasteiger partial charge in [-0.1, -0.05) is 18.9 Å². The second-order valence-corrected chi connectivity index (χ2v) is 9.91. The summed E-state index contributed by atoms with van der Waals surface area (Å²) in [6.45, 7) is 0.0719. The molecule has 0 unspecified atom stereocenters. The quantitative estimate of drug-likeness (QED) is 0.338. The molecule has 0 saturated heterocycles. The van der Waals surface area contributed by atoms with Crippen LogP contribution in [0.5, 0.6) is 5.75 Å². The summed E-state index contributed by atoms with van der Waals surface area (Å²) >= 11 is 1.52. The molecule has 3 aromatic heterocycles. The third-order valence-electron chi connectivity index (χ3n) is 6.38. The first-order valence-electron chi connectivity index (χ1n) is 12.2. The average molecular weight is 521 g/mol. The van der Waals surface area contributed by atoms with E-state index >= 15 is 0 Å². The van der Waals surface area contributed by atoms with Crippen LogP contribution in [0.4, 0.5) is 0 Å². The maximum Gasteiger partial charge on any atom is 0.250 e. The summed E-state index contributed by atoms with van der Waals surface area (Å²) in [7, 11) is 1.60. The van der Waals surface area contributed by atoms with Gasteiger partial charge in [-0.15, -0.1) is 21.5 Å². The van der Waals surface area contributed by atoms with E-state index in [1.165, 1.54) is 27.3 Å². The topological polar surface area (TPSA) is 115 Å². The summed E-state index contributed by atoms with van der Waals surface area (Å²) < 4.78 is 10.8. The Morgan fingerprint density at radius 3 is 2.68 bits per heavy atom. The zero-order chi connectivity index (χ0) is 25.6. The molecule has 11 heteroatoms. The minimum Gasteiger partial charge on any atom is -0.497 e. The van der Waals surface area contributed by atoms with Crippen LogP contribution in [0.15, 0.2) is 64.6 Å². The summed E-state index contributed by atoms with van der Waals surface area (Å²) in [6, 6.07) is 13.8. The van der Waals surface area contributed by atoms with E-state index in [1.807, 2.05) is 29.6 Å². The second kappa shape index (κ2) is 11.4. The van der Waals surface area contributed by atoms with Gasteiger partial charge in [0, 0.05) is 16.5 Å². The van der Waals surface area contributed by atoms with Gasteiger partial charge in [0.2, 0.25) is 11.7 Å². The molecule has 0 spiro atoms. The first-order chi connectivity index (χ1) is 18.1. The van der Waals surface area contributed by atoms with Gasteiger partial charge < -0.3 is 19.4 Å². The monoisotopic (exact) mass is 520 g/mol. The summed E-state index contributed by atoms with van der Waals surface area (Å²) in [5, 5.41) is 17.6. The lowest BCUT2D eigenvalue weighted by Crippen LogP contribution is -2.46. The molecule has 1 saturated carbocycles. The van der Waals surface area contributed by atoms with Crippen molar-refractivity contribution in [2.75, 3.05) is 7.11 Å². The lowest BCUT2D eigenvalue weighted by atomic mass is 10.1. The Kier molecular flexibility index (Phi) is 7.59. The molecule has 192 valence electrons. The number of methoxy groups -OCH3 is 1. The minimum atomic E-state index is -0.921. The number of benzene rings is 1. The highest BCUT2D eigenvalue weighted by molar-refractivity contribution is 7.09. The highest BCUT2D eigenvalue weighted by Gasteiger charge is 2.35. The van der Waals surface area contributed by atoms with Crippen LogP contribution in [-0.4, -0.2) is 50.1 Å². The zero-order valence-corrected chi connectivity index (χ0v) is 21.3. The molecule has 1 N–H and O–H groups in total. The molecule has 1 atom stereocenters.